The van der Waals surface area contributed by atoms with Gasteiger partial charge >= 0.3 is 0 Å². The second kappa shape index (κ2) is 4.49. The standard InChI is InChI=1S/C13H18N2/c1-2-3-8-15-9-7-12-11(10-15)5-4-6-13(12)14/h2-6H,7-10,14H2,1H3/b3-2+. The van der Waals surface area contributed by atoms with Crippen LogP contribution < -0.4 is 5.73 Å². The number of anilines is 1. The molecule has 2 nitrogen and oxygen atoms in total. The maximum Gasteiger partial charge on any atom is 0.0350 e. The SMILES string of the molecule is C/C=C/CN1CCc2c(N)cccc2C1. The summed E-state index contributed by atoms with van der Waals surface area (Å²) in [6.07, 6.45) is 5.39. The van der Waals surface area contributed by atoms with Gasteiger partial charge in [0.15, 0.2) is 0 Å². The Bertz CT molecular complexity index is 369. The zero-order chi connectivity index (χ0) is 10.7. The Labute approximate surface area is 91.4 Å². The first-order chi connectivity index (χ1) is 7.31. The molecular formula is C13H18N2. The number of allylic oxidation sites excluding steroid dienone is 1. The van der Waals surface area contributed by atoms with E-state index in [1.807, 2.05) is 12.1 Å². The Morgan fingerprint density at radius 3 is 3.13 bits per heavy atom. The molecule has 1 aliphatic heterocycles. The van der Waals surface area contributed by atoms with Crippen molar-refractivity contribution < 1.29 is 0 Å². The van der Waals surface area contributed by atoms with Crippen molar-refractivity contribution in [3.63, 3.8) is 0 Å². The summed E-state index contributed by atoms with van der Waals surface area (Å²) in [5.74, 6) is 0. The molecule has 0 aliphatic carbocycles. The number of nitrogens with two attached hydrogens (primary N) is 1. The fourth-order valence-corrected chi connectivity index (χ4v) is 2.11. The molecule has 1 aromatic carbocycles. The number of benzene rings is 1. The van der Waals surface area contributed by atoms with Crippen molar-refractivity contribution in [3.8, 4) is 0 Å². The highest BCUT2D eigenvalue weighted by molar-refractivity contribution is 5.51. The number of rotatable bonds is 2. The van der Waals surface area contributed by atoms with Crippen LogP contribution in [0.3, 0.4) is 0 Å². The van der Waals surface area contributed by atoms with Crippen molar-refractivity contribution in [2.75, 3.05) is 18.8 Å². The fourth-order valence-electron chi connectivity index (χ4n) is 2.11. The zero-order valence-electron chi connectivity index (χ0n) is 9.24. The van der Waals surface area contributed by atoms with Crippen LogP contribution in [-0.4, -0.2) is 18.0 Å². The molecule has 0 fully saturated rings. The molecule has 15 heavy (non-hydrogen) atoms. The quantitative estimate of drug-likeness (QED) is 0.588. The first kappa shape index (κ1) is 10.2. The normalized spacial score (nSPS) is 16.9. The zero-order valence-corrected chi connectivity index (χ0v) is 9.24. The minimum absolute atomic E-state index is 0.957. The van der Waals surface area contributed by atoms with E-state index in [-0.39, 0.29) is 0 Å². The maximum atomic E-state index is 5.95. The molecule has 1 heterocycles. The lowest BCUT2D eigenvalue weighted by Gasteiger charge is -2.28. The number of nitrogen functional groups attached to an aromatic ring is 1. The number of hydrogen-bond acceptors (Lipinski definition) is 2. The highest BCUT2D eigenvalue weighted by Gasteiger charge is 2.16. The number of nitrogens with zero attached hydrogens (tertiary/aromatic N) is 1. The minimum atomic E-state index is 0.957. The molecule has 2 heteroatoms. The van der Waals surface area contributed by atoms with Crippen LogP contribution in [0.4, 0.5) is 5.69 Å². The highest BCUT2D eigenvalue weighted by Crippen LogP contribution is 2.23. The molecule has 0 bridgehead atoms. The summed E-state index contributed by atoms with van der Waals surface area (Å²) in [7, 11) is 0. The first-order valence-electron chi connectivity index (χ1n) is 5.51. The molecule has 0 saturated heterocycles. The first-order valence-corrected chi connectivity index (χ1v) is 5.51. The topological polar surface area (TPSA) is 29.3 Å². The van der Waals surface area contributed by atoms with E-state index in [4.69, 9.17) is 5.73 Å². The summed E-state index contributed by atoms with van der Waals surface area (Å²) in [5, 5.41) is 0. The van der Waals surface area contributed by atoms with Crippen molar-refractivity contribution >= 4 is 5.69 Å². The summed E-state index contributed by atoms with van der Waals surface area (Å²) in [6.45, 7) is 5.26. The molecule has 0 radical (unpaired) electrons. The van der Waals surface area contributed by atoms with Gasteiger partial charge in [0.25, 0.3) is 0 Å². The Balaban J connectivity index is 2.13. The van der Waals surface area contributed by atoms with E-state index in [9.17, 15) is 0 Å². The molecule has 0 aromatic heterocycles. The van der Waals surface area contributed by atoms with Gasteiger partial charge in [-0.2, -0.15) is 0 Å². The second-order valence-corrected chi connectivity index (χ2v) is 4.04. The van der Waals surface area contributed by atoms with Gasteiger partial charge in [-0.25, -0.2) is 0 Å². The lowest BCUT2D eigenvalue weighted by Crippen LogP contribution is -2.31. The smallest absolute Gasteiger partial charge is 0.0350 e. The third-order valence-electron chi connectivity index (χ3n) is 2.98. The van der Waals surface area contributed by atoms with E-state index in [1.54, 1.807) is 0 Å². The van der Waals surface area contributed by atoms with Crippen molar-refractivity contribution in [1.29, 1.82) is 0 Å². The van der Waals surface area contributed by atoms with Crippen LogP contribution in [0.1, 0.15) is 18.1 Å². The maximum absolute atomic E-state index is 5.95. The third kappa shape index (κ3) is 2.21. The lowest BCUT2D eigenvalue weighted by atomic mass is 9.98. The average Bonchev–Trinajstić information content (AvgIpc) is 2.26. The van der Waals surface area contributed by atoms with Crippen molar-refractivity contribution in [3.05, 3.63) is 41.5 Å². The molecule has 2 rings (SSSR count). The number of hydrogen-bond donors (Lipinski definition) is 1. The van der Waals surface area contributed by atoms with Crippen LogP contribution in [0.15, 0.2) is 30.4 Å². The van der Waals surface area contributed by atoms with Gasteiger partial charge in [0.05, 0.1) is 0 Å². The fraction of sp³-hybridized carbons (Fsp3) is 0.385. The van der Waals surface area contributed by atoms with E-state index < -0.39 is 0 Å². The van der Waals surface area contributed by atoms with Crippen LogP contribution in [0.5, 0.6) is 0 Å². The highest BCUT2D eigenvalue weighted by atomic mass is 15.1. The number of fused-ring (bicyclic) bond motifs is 1. The van der Waals surface area contributed by atoms with Gasteiger partial charge in [-0.1, -0.05) is 24.3 Å². The Morgan fingerprint density at radius 2 is 2.33 bits per heavy atom. The Hall–Kier alpha value is -1.28. The van der Waals surface area contributed by atoms with Crippen LogP contribution >= 0.6 is 0 Å². The van der Waals surface area contributed by atoms with Crippen molar-refractivity contribution in [2.45, 2.75) is 19.9 Å². The van der Waals surface area contributed by atoms with Gasteiger partial charge in [0.1, 0.15) is 0 Å². The summed E-state index contributed by atoms with van der Waals surface area (Å²) in [4.78, 5) is 2.45. The van der Waals surface area contributed by atoms with Gasteiger partial charge in [0.2, 0.25) is 0 Å². The predicted molar refractivity (Wildman–Crippen MR) is 64.6 cm³/mol. The van der Waals surface area contributed by atoms with E-state index in [2.05, 4.69) is 30.0 Å². The minimum Gasteiger partial charge on any atom is -0.398 e. The van der Waals surface area contributed by atoms with Crippen molar-refractivity contribution in [2.24, 2.45) is 0 Å². The molecule has 1 aromatic rings. The van der Waals surface area contributed by atoms with Gasteiger partial charge in [-0.05, 0) is 30.5 Å². The lowest BCUT2D eigenvalue weighted by molar-refractivity contribution is 0.282. The van der Waals surface area contributed by atoms with E-state index in [0.717, 1.165) is 31.7 Å². The monoisotopic (exact) mass is 202 g/mol. The van der Waals surface area contributed by atoms with Gasteiger partial charge < -0.3 is 5.73 Å². The second-order valence-electron chi connectivity index (χ2n) is 4.04. The molecular weight excluding hydrogens is 184 g/mol. The molecule has 0 atom stereocenters. The summed E-state index contributed by atoms with van der Waals surface area (Å²) in [5.41, 5.74) is 9.66. The van der Waals surface area contributed by atoms with E-state index in [0.29, 0.717) is 0 Å². The van der Waals surface area contributed by atoms with Crippen LogP contribution in [0.2, 0.25) is 0 Å². The summed E-state index contributed by atoms with van der Waals surface area (Å²) < 4.78 is 0. The molecule has 80 valence electrons. The van der Waals surface area contributed by atoms with Crippen LogP contribution in [0.25, 0.3) is 0 Å². The molecule has 2 N–H and O–H groups in total. The molecule has 1 aliphatic rings. The van der Waals surface area contributed by atoms with Gasteiger partial charge in [0, 0.05) is 25.3 Å². The van der Waals surface area contributed by atoms with E-state index >= 15 is 0 Å². The Kier molecular flexibility index (Phi) is 3.07. The predicted octanol–water partition coefficient (Wildman–Crippen LogP) is 2.20. The molecule has 0 unspecified atom stereocenters. The van der Waals surface area contributed by atoms with E-state index in [1.165, 1.54) is 11.1 Å². The van der Waals surface area contributed by atoms with Crippen LogP contribution in [-0.2, 0) is 13.0 Å². The Morgan fingerprint density at radius 1 is 1.47 bits per heavy atom. The van der Waals surface area contributed by atoms with Crippen molar-refractivity contribution in [1.82, 2.24) is 4.90 Å². The average molecular weight is 202 g/mol. The van der Waals surface area contributed by atoms with Crippen LogP contribution in [0, 0.1) is 0 Å². The molecule has 0 spiro atoms. The van der Waals surface area contributed by atoms with Gasteiger partial charge in [-0.15, -0.1) is 0 Å². The summed E-state index contributed by atoms with van der Waals surface area (Å²) >= 11 is 0. The molecule has 0 saturated carbocycles. The largest absolute Gasteiger partial charge is 0.398 e. The third-order valence-corrected chi connectivity index (χ3v) is 2.98. The molecule has 0 amide bonds. The summed E-state index contributed by atoms with van der Waals surface area (Å²) in [6, 6.07) is 6.24. The van der Waals surface area contributed by atoms with Gasteiger partial charge in [-0.3, -0.25) is 4.90 Å².